The third kappa shape index (κ3) is 3.37. The van der Waals surface area contributed by atoms with Crippen molar-refractivity contribution in [3.8, 4) is 5.69 Å². The number of para-hydroxylation sites is 3. The molecule has 0 aliphatic rings. The average Bonchev–Trinajstić information content (AvgIpc) is 3.21. The summed E-state index contributed by atoms with van der Waals surface area (Å²) in [6, 6.07) is 45.4. The van der Waals surface area contributed by atoms with Crippen LogP contribution in [0.1, 0.15) is 5.56 Å². The highest BCUT2D eigenvalue weighted by atomic mass is 15.1. The molecule has 0 unspecified atom stereocenters. The summed E-state index contributed by atoms with van der Waals surface area (Å²) in [5.74, 6) is 0. The average molecular weight is 425 g/mol. The van der Waals surface area contributed by atoms with Crippen LogP contribution in [0.25, 0.3) is 27.5 Å². The van der Waals surface area contributed by atoms with Gasteiger partial charge in [-0.1, -0.05) is 72.3 Å². The van der Waals surface area contributed by atoms with E-state index in [0.29, 0.717) is 0 Å². The van der Waals surface area contributed by atoms with Gasteiger partial charge in [0.1, 0.15) is 0 Å². The highest BCUT2D eigenvalue weighted by molar-refractivity contribution is 6.09. The first-order valence-corrected chi connectivity index (χ1v) is 11.3. The first kappa shape index (κ1) is 19.4. The Kier molecular flexibility index (Phi) is 4.70. The molecule has 0 bridgehead atoms. The second-order valence-corrected chi connectivity index (χ2v) is 8.39. The quantitative estimate of drug-likeness (QED) is 0.275. The van der Waals surface area contributed by atoms with Crippen LogP contribution in [0, 0.1) is 6.92 Å². The summed E-state index contributed by atoms with van der Waals surface area (Å²) >= 11 is 0. The van der Waals surface area contributed by atoms with E-state index in [0.717, 1.165) is 22.7 Å². The molecule has 0 saturated heterocycles. The van der Waals surface area contributed by atoms with E-state index in [1.54, 1.807) is 0 Å². The lowest BCUT2D eigenvalue weighted by molar-refractivity contribution is 1.17. The third-order valence-corrected chi connectivity index (χ3v) is 6.25. The Hall–Kier alpha value is -4.30. The van der Waals surface area contributed by atoms with Crippen molar-refractivity contribution in [3.63, 3.8) is 0 Å². The van der Waals surface area contributed by atoms with Gasteiger partial charge in [-0.2, -0.15) is 0 Å². The van der Waals surface area contributed by atoms with Crippen LogP contribution >= 0.6 is 0 Å². The summed E-state index contributed by atoms with van der Waals surface area (Å²) in [5.41, 5.74) is 8.30. The lowest BCUT2D eigenvalue weighted by Gasteiger charge is -2.26. The van der Waals surface area contributed by atoms with E-state index in [1.165, 1.54) is 27.4 Å². The standard InChI is InChI=1S/C31H24N2/c1-23-15-17-25(18-16-23)32(24-9-3-2-4-10-24)26-19-21-27(22-20-26)33-30-13-7-5-11-28(30)29-12-6-8-14-31(29)33/h2-22H,1H3. The number of nitrogens with zero attached hydrogens (tertiary/aromatic N) is 2. The van der Waals surface area contributed by atoms with Gasteiger partial charge in [0.15, 0.2) is 0 Å². The summed E-state index contributed by atoms with van der Waals surface area (Å²) in [7, 11) is 0. The number of fused-ring (bicyclic) bond motifs is 3. The Morgan fingerprint density at radius 1 is 0.455 bits per heavy atom. The van der Waals surface area contributed by atoms with E-state index in [9.17, 15) is 0 Å². The SMILES string of the molecule is Cc1ccc(N(c2ccccc2)c2ccc(-n3c4ccccc4c4ccccc43)cc2)cc1. The van der Waals surface area contributed by atoms with Crippen LogP contribution < -0.4 is 4.90 Å². The topological polar surface area (TPSA) is 8.17 Å². The van der Waals surface area contributed by atoms with E-state index in [1.807, 2.05) is 0 Å². The van der Waals surface area contributed by atoms with Gasteiger partial charge in [-0.25, -0.2) is 0 Å². The van der Waals surface area contributed by atoms with Gasteiger partial charge in [0.25, 0.3) is 0 Å². The zero-order valence-corrected chi connectivity index (χ0v) is 18.5. The number of benzene rings is 5. The summed E-state index contributed by atoms with van der Waals surface area (Å²) < 4.78 is 2.35. The van der Waals surface area contributed by atoms with E-state index >= 15 is 0 Å². The molecule has 5 aromatic carbocycles. The minimum atomic E-state index is 1.13. The van der Waals surface area contributed by atoms with E-state index in [4.69, 9.17) is 0 Å². The number of hydrogen-bond donors (Lipinski definition) is 0. The molecule has 0 aliphatic carbocycles. The Balaban J connectivity index is 1.49. The number of rotatable bonds is 4. The van der Waals surface area contributed by atoms with Crippen molar-refractivity contribution >= 4 is 38.9 Å². The molecule has 33 heavy (non-hydrogen) atoms. The second-order valence-electron chi connectivity index (χ2n) is 8.39. The van der Waals surface area contributed by atoms with Crippen LogP contribution in [0.15, 0.2) is 127 Å². The summed E-state index contributed by atoms with van der Waals surface area (Å²) in [5, 5.41) is 2.56. The molecule has 0 N–H and O–H groups in total. The Morgan fingerprint density at radius 2 is 0.909 bits per heavy atom. The molecule has 0 atom stereocenters. The van der Waals surface area contributed by atoms with Gasteiger partial charge in [-0.15, -0.1) is 0 Å². The molecule has 2 heteroatoms. The first-order valence-electron chi connectivity index (χ1n) is 11.3. The smallest absolute Gasteiger partial charge is 0.0541 e. The molecular weight excluding hydrogens is 400 g/mol. The Labute approximate surface area is 194 Å². The molecule has 158 valence electrons. The van der Waals surface area contributed by atoms with Crippen molar-refractivity contribution in [1.29, 1.82) is 0 Å². The molecule has 0 fully saturated rings. The fraction of sp³-hybridized carbons (Fsp3) is 0.0323. The first-order chi connectivity index (χ1) is 16.3. The molecule has 0 spiro atoms. The highest BCUT2D eigenvalue weighted by Crippen LogP contribution is 2.36. The molecular formula is C31H24N2. The molecule has 1 aromatic heterocycles. The van der Waals surface area contributed by atoms with Gasteiger partial charge in [0, 0.05) is 33.5 Å². The highest BCUT2D eigenvalue weighted by Gasteiger charge is 2.14. The molecule has 6 rings (SSSR count). The Bertz CT molecular complexity index is 1490. The lowest BCUT2D eigenvalue weighted by Crippen LogP contribution is -2.10. The van der Waals surface area contributed by atoms with Crippen molar-refractivity contribution in [2.75, 3.05) is 4.90 Å². The summed E-state index contributed by atoms with van der Waals surface area (Å²) in [6.45, 7) is 2.12. The van der Waals surface area contributed by atoms with Gasteiger partial charge in [-0.3, -0.25) is 0 Å². The van der Waals surface area contributed by atoms with Crippen molar-refractivity contribution in [1.82, 2.24) is 4.57 Å². The number of aromatic nitrogens is 1. The monoisotopic (exact) mass is 424 g/mol. The molecule has 0 aliphatic heterocycles. The largest absolute Gasteiger partial charge is 0.311 e. The zero-order valence-electron chi connectivity index (χ0n) is 18.5. The van der Waals surface area contributed by atoms with Gasteiger partial charge in [0.2, 0.25) is 0 Å². The van der Waals surface area contributed by atoms with Gasteiger partial charge < -0.3 is 9.47 Å². The maximum absolute atomic E-state index is 2.35. The van der Waals surface area contributed by atoms with Crippen molar-refractivity contribution in [3.05, 3.63) is 133 Å². The van der Waals surface area contributed by atoms with Crippen molar-refractivity contribution in [2.45, 2.75) is 6.92 Å². The van der Waals surface area contributed by atoms with Gasteiger partial charge >= 0.3 is 0 Å². The van der Waals surface area contributed by atoms with Crippen LogP contribution in [-0.4, -0.2) is 4.57 Å². The number of hydrogen-bond acceptors (Lipinski definition) is 1. The van der Waals surface area contributed by atoms with E-state index < -0.39 is 0 Å². The predicted molar refractivity (Wildman–Crippen MR) is 140 cm³/mol. The molecule has 2 nitrogen and oxygen atoms in total. The molecule has 0 amide bonds. The Morgan fingerprint density at radius 3 is 1.48 bits per heavy atom. The summed E-state index contributed by atoms with van der Waals surface area (Å²) in [4.78, 5) is 2.30. The predicted octanol–water partition coefficient (Wildman–Crippen LogP) is 8.56. The summed E-state index contributed by atoms with van der Waals surface area (Å²) in [6.07, 6.45) is 0. The molecule has 1 heterocycles. The maximum Gasteiger partial charge on any atom is 0.0541 e. The minimum Gasteiger partial charge on any atom is -0.311 e. The second kappa shape index (κ2) is 7.99. The van der Waals surface area contributed by atoms with Gasteiger partial charge in [0.05, 0.1) is 11.0 Å². The molecule has 0 radical (unpaired) electrons. The maximum atomic E-state index is 2.35. The third-order valence-electron chi connectivity index (χ3n) is 6.25. The van der Waals surface area contributed by atoms with E-state index in [2.05, 4.69) is 144 Å². The fourth-order valence-corrected chi connectivity index (χ4v) is 4.67. The van der Waals surface area contributed by atoms with Crippen LogP contribution in [0.3, 0.4) is 0 Å². The van der Waals surface area contributed by atoms with Crippen molar-refractivity contribution in [2.24, 2.45) is 0 Å². The normalized spacial score (nSPS) is 11.2. The fourth-order valence-electron chi connectivity index (χ4n) is 4.67. The lowest BCUT2D eigenvalue weighted by atomic mass is 10.1. The van der Waals surface area contributed by atoms with Crippen LogP contribution in [-0.2, 0) is 0 Å². The molecule has 0 saturated carbocycles. The van der Waals surface area contributed by atoms with Crippen molar-refractivity contribution < 1.29 is 0 Å². The molecule has 6 aromatic rings. The zero-order chi connectivity index (χ0) is 22.2. The van der Waals surface area contributed by atoms with Crippen LogP contribution in [0.2, 0.25) is 0 Å². The minimum absolute atomic E-state index is 1.13. The van der Waals surface area contributed by atoms with Crippen LogP contribution in [0.4, 0.5) is 17.1 Å². The van der Waals surface area contributed by atoms with Gasteiger partial charge in [-0.05, 0) is 67.6 Å². The number of aryl methyl sites for hydroxylation is 1. The van der Waals surface area contributed by atoms with Crippen LogP contribution in [0.5, 0.6) is 0 Å². The van der Waals surface area contributed by atoms with E-state index in [-0.39, 0.29) is 0 Å². The number of anilines is 3.